The number of aliphatic hydroxyl groups excluding tert-OH is 1. The van der Waals surface area contributed by atoms with Crippen LogP contribution in [0, 0.1) is 12.7 Å². The van der Waals surface area contributed by atoms with E-state index >= 15 is 0 Å². The summed E-state index contributed by atoms with van der Waals surface area (Å²) in [5.74, 6) is -2.06. The topological polar surface area (TPSA) is 79.7 Å². The van der Waals surface area contributed by atoms with Crippen LogP contribution in [0.15, 0.2) is 103 Å². The number of rotatable bonds is 7. The minimum Gasteiger partial charge on any atom is -0.507 e. The second-order valence-corrected chi connectivity index (χ2v) is 9.11. The molecular formula is C31H25FN2O4. The molecule has 3 aromatic carbocycles. The van der Waals surface area contributed by atoms with E-state index in [0.29, 0.717) is 17.9 Å². The minimum absolute atomic E-state index is 0.0502. The Labute approximate surface area is 219 Å². The lowest BCUT2D eigenvalue weighted by molar-refractivity contribution is -0.140. The first-order chi connectivity index (χ1) is 18.4. The number of ether oxygens (including phenoxy) is 1. The maximum absolute atomic E-state index is 15.0. The first kappa shape index (κ1) is 24.9. The zero-order valence-corrected chi connectivity index (χ0v) is 20.7. The molecule has 1 unspecified atom stereocenters. The molecule has 0 spiro atoms. The van der Waals surface area contributed by atoms with Gasteiger partial charge in [0.05, 0.1) is 11.6 Å². The molecule has 38 heavy (non-hydrogen) atoms. The van der Waals surface area contributed by atoms with E-state index in [-0.39, 0.29) is 23.4 Å². The van der Waals surface area contributed by atoms with Gasteiger partial charge in [0.2, 0.25) is 0 Å². The van der Waals surface area contributed by atoms with Crippen LogP contribution >= 0.6 is 0 Å². The molecule has 2 heterocycles. The molecule has 5 rings (SSSR count). The molecule has 0 saturated carbocycles. The Bertz CT molecular complexity index is 1520. The molecule has 6 nitrogen and oxygen atoms in total. The van der Waals surface area contributed by atoms with Crippen LogP contribution in [0.4, 0.5) is 4.39 Å². The van der Waals surface area contributed by atoms with Gasteiger partial charge < -0.3 is 14.7 Å². The highest BCUT2D eigenvalue weighted by molar-refractivity contribution is 6.46. The smallest absolute Gasteiger partial charge is 0.295 e. The van der Waals surface area contributed by atoms with Crippen molar-refractivity contribution in [1.29, 1.82) is 0 Å². The molecule has 1 N–H and O–H groups in total. The number of benzene rings is 3. The zero-order valence-electron chi connectivity index (χ0n) is 20.7. The molecule has 1 saturated heterocycles. The van der Waals surface area contributed by atoms with Gasteiger partial charge in [-0.2, -0.15) is 0 Å². The van der Waals surface area contributed by atoms with Crippen LogP contribution in [0.1, 0.15) is 33.9 Å². The van der Waals surface area contributed by atoms with Gasteiger partial charge in [-0.15, -0.1) is 0 Å². The van der Waals surface area contributed by atoms with E-state index < -0.39 is 23.5 Å². The SMILES string of the molecule is Cc1cccc(COc2ccc(C(O)=C3C(=O)C(=O)N(Cc4ccncc4)C3c3ccccc3F)cc2)c1. The number of hydrogen-bond donors (Lipinski definition) is 1. The summed E-state index contributed by atoms with van der Waals surface area (Å²) in [6, 6.07) is 22.8. The van der Waals surface area contributed by atoms with E-state index in [1.165, 1.54) is 23.1 Å². The predicted octanol–water partition coefficient (Wildman–Crippen LogP) is 5.73. The molecule has 1 aromatic heterocycles. The number of nitrogens with zero attached hydrogens (tertiary/aromatic N) is 2. The number of carbonyl (C=O) groups is 2. The molecule has 0 radical (unpaired) electrons. The largest absolute Gasteiger partial charge is 0.507 e. The van der Waals surface area contributed by atoms with Crippen molar-refractivity contribution in [3.63, 3.8) is 0 Å². The van der Waals surface area contributed by atoms with Gasteiger partial charge in [-0.25, -0.2) is 4.39 Å². The van der Waals surface area contributed by atoms with Crippen LogP contribution in [0.5, 0.6) is 5.75 Å². The molecule has 190 valence electrons. The fraction of sp³-hybridized carbons (Fsp3) is 0.129. The van der Waals surface area contributed by atoms with Crippen molar-refractivity contribution >= 4 is 17.4 Å². The predicted molar refractivity (Wildman–Crippen MR) is 140 cm³/mol. The van der Waals surface area contributed by atoms with Crippen molar-refractivity contribution in [2.45, 2.75) is 26.1 Å². The highest BCUT2D eigenvalue weighted by atomic mass is 19.1. The maximum atomic E-state index is 15.0. The Kier molecular flexibility index (Phi) is 7.00. The van der Waals surface area contributed by atoms with Gasteiger partial charge in [-0.1, -0.05) is 48.0 Å². The average Bonchev–Trinajstić information content (AvgIpc) is 3.17. The van der Waals surface area contributed by atoms with Crippen LogP contribution in [-0.2, 0) is 22.7 Å². The molecule has 0 bridgehead atoms. The number of aliphatic hydroxyl groups is 1. The lowest BCUT2D eigenvalue weighted by Crippen LogP contribution is -2.29. The lowest BCUT2D eigenvalue weighted by Gasteiger charge is -2.25. The number of likely N-dealkylation sites (tertiary alicyclic amines) is 1. The molecule has 0 aliphatic carbocycles. The summed E-state index contributed by atoms with van der Waals surface area (Å²) >= 11 is 0. The van der Waals surface area contributed by atoms with Crippen molar-refractivity contribution in [2.24, 2.45) is 0 Å². The third-order valence-electron chi connectivity index (χ3n) is 6.46. The van der Waals surface area contributed by atoms with Crippen molar-refractivity contribution in [3.05, 3.63) is 137 Å². The highest BCUT2D eigenvalue weighted by Crippen LogP contribution is 2.41. The highest BCUT2D eigenvalue weighted by Gasteiger charge is 2.46. The summed E-state index contributed by atoms with van der Waals surface area (Å²) in [5, 5.41) is 11.3. The second-order valence-electron chi connectivity index (χ2n) is 9.11. The van der Waals surface area contributed by atoms with E-state index in [1.54, 1.807) is 54.9 Å². The van der Waals surface area contributed by atoms with Crippen LogP contribution in [0.25, 0.3) is 5.76 Å². The molecule has 1 amide bonds. The summed E-state index contributed by atoms with van der Waals surface area (Å²) < 4.78 is 20.8. The summed E-state index contributed by atoms with van der Waals surface area (Å²) in [7, 11) is 0. The van der Waals surface area contributed by atoms with E-state index in [1.807, 2.05) is 31.2 Å². The summed E-state index contributed by atoms with van der Waals surface area (Å²) in [5.41, 5.74) is 3.16. The Morgan fingerprint density at radius 3 is 2.39 bits per heavy atom. The lowest BCUT2D eigenvalue weighted by atomic mass is 9.94. The van der Waals surface area contributed by atoms with Crippen molar-refractivity contribution < 1.29 is 23.8 Å². The van der Waals surface area contributed by atoms with Crippen molar-refractivity contribution in [2.75, 3.05) is 0 Å². The Morgan fingerprint density at radius 2 is 1.68 bits per heavy atom. The summed E-state index contributed by atoms with van der Waals surface area (Å²) in [6.45, 7) is 2.44. The molecule has 4 aromatic rings. The van der Waals surface area contributed by atoms with Crippen molar-refractivity contribution in [3.8, 4) is 5.75 Å². The van der Waals surface area contributed by atoms with Crippen LogP contribution < -0.4 is 4.74 Å². The van der Waals surface area contributed by atoms with Gasteiger partial charge >= 0.3 is 0 Å². The quantitative estimate of drug-likeness (QED) is 0.196. The molecule has 1 aliphatic rings. The standard InChI is InChI=1S/C31H25FN2O4/c1-20-5-4-6-22(17-20)19-38-24-11-9-23(10-12-24)29(35)27-28(25-7-2-3-8-26(25)32)34(31(37)30(27)36)18-21-13-15-33-16-14-21/h2-17,28,35H,18-19H2,1H3. The van der Waals surface area contributed by atoms with Crippen LogP contribution in [0.2, 0.25) is 0 Å². The number of aromatic nitrogens is 1. The number of Topliss-reactive ketones (excluding diaryl/α,β-unsaturated/α-hetero) is 1. The van der Waals surface area contributed by atoms with E-state index in [2.05, 4.69) is 4.98 Å². The fourth-order valence-electron chi connectivity index (χ4n) is 4.58. The number of aryl methyl sites for hydroxylation is 1. The number of carbonyl (C=O) groups excluding carboxylic acids is 2. The van der Waals surface area contributed by atoms with Gasteiger partial charge in [0, 0.05) is 30.1 Å². The minimum atomic E-state index is -1.10. The number of ketones is 1. The van der Waals surface area contributed by atoms with Gasteiger partial charge in [-0.3, -0.25) is 14.6 Å². The summed E-state index contributed by atoms with van der Waals surface area (Å²) in [6.07, 6.45) is 3.15. The number of hydrogen-bond acceptors (Lipinski definition) is 5. The van der Waals surface area contributed by atoms with E-state index in [9.17, 15) is 19.1 Å². The number of halogens is 1. The monoisotopic (exact) mass is 508 g/mol. The van der Waals surface area contributed by atoms with E-state index in [4.69, 9.17) is 4.74 Å². The van der Waals surface area contributed by atoms with Gasteiger partial charge in [0.1, 0.15) is 23.9 Å². The summed E-state index contributed by atoms with van der Waals surface area (Å²) in [4.78, 5) is 31.6. The fourth-order valence-corrected chi connectivity index (χ4v) is 4.58. The molecule has 1 aliphatic heterocycles. The third-order valence-corrected chi connectivity index (χ3v) is 6.46. The Balaban J connectivity index is 1.48. The van der Waals surface area contributed by atoms with Crippen LogP contribution in [0.3, 0.4) is 0 Å². The molecular weight excluding hydrogens is 483 g/mol. The van der Waals surface area contributed by atoms with Gasteiger partial charge in [0.15, 0.2) is 0 Å². The second kappa shape index (κ2) is 10.7. The Morgan fingerprint density at radius 1 is 0.947 bits per heavy atom. The van der Waals surface area contributed by atoms with Gasteiger partial charge in [0.25, 0.3) is 11.7 Å². The molecule has 7 heteroatoms. The number of pyridine rings is 1. The number of amides is 1. The Hall–Kier alpha value is -4.78. The van der Waals surface area contributed by atoms with Crippen LogP contribution in [-0.4, -0.2) is 26.7 Å². The first-order valence-electron chi connectivity index (χ1n) is 12.1. The average molecular weight is 509 g/mol. The maximum Gasteiger partial charge on any atom is 0.295 e. The van der Waals surface area contributed by atoms with Crippen molar-refractivity contribution in [1.82, 2.24) is 9.88 Å². The van der Waals surface area contributed by atoms with Gasteiger partial charge in [-0.05, 0) is 60.5 Å². The third kappa shape index (κ3) is 5.04. The normalized spacial score (nSPS) is 16.6. The first-order valence-corrected chi connectivity index (χ1v) is 12.1. The molecule has 1 fully saturated rings. The molecule has 1 atom stereocenters. The van der Waals surface area contributed by atoms with E-state index in [0.717, 1.165) is 16.7 Å². The zero-order chi connectivity index (χ0) is 26.6.